The molecular formula is C15H11ClFNO. The highest BCUT2D eigenvalue weighted by atomic mass is 35.5. The zero-order valence-electron chi connectivity index (χ0n) is 9.99. The molecule has 1 atom stereocenters. The maximum absolute atomic E-state index is 13.2. The van der Waals surface area contributed by atoms with Crippen LogP contribution in [0.15, 0.2) is 42.5 Å². The van der Waals surface area contributed by atoms with Gasteiger partial charge in [0, 0.05) is 5.69 Å². The number of benzene rings is 2. The molecule has 3 rings (SSSR count). The van der Waals surface area contributed by atoms with Crippen molar-refractivity contribution in [2.24, 2.45) is 0 Å². The first-order valence-electron chi connectivity index (χ1n) is 5.96. The van der Waals surface area contributed by atoms with Crippen LogP contribution in [0.4, 0.5) is 10.1 Å². The van der Waals surface area contributed by atoms with Crippen molar-refractivity contribution in [3.05, 3.63) is 65.0 Å². The molecule has 1 amide bonds. The van der Waals surface area contributed by atoms with Crippen molar-refractivity contribution in [3.8, 4) is 0 Å². The lowest BCUT2D eigenvalue weighted by Gasteiger charge is -2.11. The van der Waals surface area contributed by atoms with Crippen molar-refractivity contribution in [1.82, 2.24) is 0 Å². The number of carbonyl (C=O) groups is 1. The van der Waals surface area contributed by atoms with Crippen LogP contribution in [0.5, 0.6) is 0 Å². The third-order valence-corrected chi connectivity index (χ3v) is 3.69. The largest absolute Gasteiger partial charge is 0.326 e. The monoisotopic (exact) mass is 275 g/mol. The third-order valence-electron chi connectivity index (χ3n) is 3.19. The number of hydrogen-bond acceptors (Lipinski definition) is 1. The van der Waals surface area contributed by atoms with E-state index in [0.717, 1.165) is 16.8 Å². The molecule has 2 nitrogen and oxygen atoms in total. The van der Waals surface area contributed by atoms with Crippen molar-refractivity contribution < 1.29 is 9.18 Å². The van der Waals surface area contributed by atoms with Crippen molar-refractivity contribution in [3.63, 3.8) is 0 Å². The standard InChI is InChI=1S/C15H11ClFNO/c16-15(9-2-1-3-12(17)7-9)10-4-5-13-11(6-10)8-14(19)18-13/h1-7,15H,8H2,(H,18,19). The Hall–Kier alpha value is -1.87. The van der Waals surface area contributed by atoms with E-state index in [4.69, 9.17) is 11.6 Å². The zero-order valence-corrected chi connectivity index (χ0v) is 10.7. The Balaban J connectivity index is 1.95. The molecular weight excluding hydrogens is 265 g/mol. The minimum atomic E-state index is -0.420. The summed E-state index contributed by atoms with van der Waals surface area (Å²) in [6.45, 7) is 0. The lowest BCUT2D eigenvalue weighted by molar-refractivity contribution is -0.115. The molecule has 1 unspecified atom stereocenters. The molecule has 0 radical (unpaired) electrons. The van der Waals surface area contributed by atoms with Crippen molar-refractivity contribution in [1.29, 1.82) is 0 Å². The number of hydrogen-bond donors (Lipinski definition) is 1. The van der Waals surface area contributed by atoms with E-state index in [9.17, 15) is 9.18 Å². The SMILES string of the molecule is O=C1Cc2cc(C(Cl)c3cccc(F)c3)ccc2N1. The fourth-order valence-electron chi connectivity index (χ4n) is 2.26. The second-order valence-electron chi connectivity index (χ2n) is 4.56. The van der Waals surface area contributed by atoms with Crippen LogP contribution in [-0.2, 0) is 11.2 Å². The molecule has 0 bridgehead atoms. The van der Waals surface area contributed by atoms with E-state index in [2.05, 4.69) is 5.32 Å². The van der Waals surface area contributed by atoms with Gasteiger partial charge in [-0.05, 0) is 34.9 Å². The van der Waals surface area contributed by atoms with E-state index in [-0.39, 0.29) is 11.7 Å². The second-order valence-corrected chi connectivity index (χ2v) is 5.00. The minimum absolute atomic E-state index is 0.0102. The van der Waals surface area contributed by atoms with E-state index >= 15 is 0 Å². The molecule has 1 aliphatic rings. The number of rotatable bonds is 2. The number of nitrogens with one attached hydrogen (secondary N) is 1. The quantitative estimate of drug-likeness (QED) is 0.833. The minimum Gasteiger partial charge on any atom is -0.326 e. The molecule has 0 aliphatic carbocycles. The maximum Gasteiger partial charge on any atom is 0.228 e. The zero-order chi connectivity index (χ0) is 13.4. The Morgan fingerprint density at radius 1 is 1.16 bits per heavy atom. The summed E-state index contributed by atoms with van der Waals surface area (Å²) in [4.78, 5) is 11.3. The molecule has 19 heavy (non-hydrogen) atoms. The Morgan fingerprint density at radius 3 is 2.74 bits per heavy atom. The summed E-state index contributed by atoms with van der Waals surface area (Å²) < 4.78 is 13.2. The number of amides is 1. The van der Waals surface area contributed by atoms with Gasteiger partial charge >= 0.3 is 0 Å². The summed E-state index contributed by atoms with van der Waals surface area (Å²) in [5, 5.41) is 2.35. The van der Waals surface area contributed by atoms with Gasteiger partial charge < -0.3 is 5.32 Å². The highest BCUT2D eigenvalue weighted by molar-refractivity contribution is 6.22. The number of halogens is 2. The van der Waals surface area contributed by atoms with Gasteiger partial charge in [0.2, 0.25) is 5.91 Å². The summed E-state index contributed by atoms with van der Waals surface area (Å²) in [6, 6.07) is 11.8. The first-order chi connectivity index (χ1) is 9.13. The Kier molecular flexibility index (Phi) is 2.99. The van der Waals surface area contributed by atoms with Crippen molar-refractivity contribution in [2.45, 2.75) is 11.8 Å². The third kappa shape index (κ3) is 2.34. The normalized spacial score (nSPS) is 14.9. The average Bonchev–Trinajstić information content (AvgIpc) is 2.76. The van der Waals surface area contributed by atoms with Gasteiger partial charge in [-0.25, -0.2) is 4.39 Å². The van der Waals surface area contributed by atoms with Crippen LogP contribution in [0.1, 0.15) is 22.1 Å². The summed E-state index contributed by atoms with van der Waals surface area (Å²) in [6.07, 6.45) is 0.371. The number of carbonyl (C=O) groups excluding carboxylic acids is 1. The van der Waals surface area contributed by atoms with E-state index in [0.29, 0.717) is 12.0 Å². The molecule has 0 fully saturated rings. The number of fused-ring (bicyclic) bond motifs is 1. The predicted octanol–water partition coefficient (Wildman–Crippen LogP) is 3.65. The van der Waals surface area contributed by atoms with Crippen LogP contribution < -0.4 is 5.32 Å². The summed E-state index contributed by atoms with van der Waals surface area (Å²) in [7, 11) is 0. The van der Waals surface area contributed by atoms with Crippen molar-refractivity contribution >= 4 is 23.2 Å². The van der Waals surface area contributed by atoms with Crippen LogP contribution in [0.25, 0.3) is 0 Å². The first kappa shape index (κ1) is 12.2. The molecule has 1 heterocycles. The Labute approximate surface area is 115 Å². The van der Waals surface area contributed by atoms with E-state index < -0.39 is 5.38 Å². The lowest BCUT2D eigenvalue weighted by Crippen LogP contribution is -2.03. The first-order valence-corrected chi connectivity index (χ1v) is 6.39. The molecule has 0 spiro atoms. The molecule has 0 saturated carbocycles. The number of anilines is 1. The molecule has 0 saturated heterocycles. The van der Waals surface area contributed by atoms with E-state index in [1.165, 1.54) is 12.1 Å². The van der Waals surface area contributed by atoms with Gasteiger partial charge in [0.25, 0.3) is 0 Å². The molecule has 96 valence electrons. The fraction of sp³-hybridized carbons (Fsp3) is 0.133. The van der Waals surface area contributed by atoms with Crippen LogP contribution in [0.3, 0.4) is 0 Å². The van der Waals surface area contributed by atoms with Gasteiger partial charge in [-0.15, -0.1) is 11.6 Å². The Bertz CT molecular complexity index is 656. The van der Waals surface area contributed by atoms with Crippen LogP contribution in [-0.4, -0.2) is 5.91 Å². The summed E-state index contributed by atoms with van der Waals surface area (Å²) in [5.74, 6) is -0.315. The van der Waals surface area contributed by atoms with Crippen LogP contribution in [0.2, 0.25) is 0 Å². The molecule has 1 N–H and O–H groups in total. The fourth-order valence-corrected chi connectivity index (χ4v) is 2.54. The van der Waals surface area contributed by atoms with Crippen LogP contribution >= 0.6 is 11.6 Å². The Morgan fingerprint density at radius 2 is 1.95 bits per heavy atom. The van der Waals surface area contributed by atoms with Gasteiger partial charge in [-0.3, -0.25) is 4.79 Å². The van der Waals surface area contributed by atoms with Gasteiger partial charge in [-0.2, -0.15) is 0 Å². The molecule has 1 aliphatic heterocycles. The van der Waals surface area contributed by atoms with Gasteiger partial charge in [-0.1, -0.05) is 24.3 Å². The molecule has 2 aromatic carbocycles. The summed E-state index contributed by atoms with van der Waals surface area (Å²) in [5.41, 5.74) is 3.34. The van der Waals surface area contributed by atoms with Gasteiger partial charge in [0.15, 0.2) is 0 Å². The summed E-state index contributed by atoms with van der Waals surface area (Å²) >= 11 is 6.37. The molecule has 0 aromatic heterocycles. The smallest absolute Gasteiger partial charge is 0.228 e. The van der Waals surface area contributed by atoms with Crippen molar-refractivity contribution in [2.75, 3.05) is 5.32 Å². The van der Waals surface area contributed by atoms with Gasteiger partial charge in [0.1, 0.15) is 5.82 Å². The van der Waals surface area contributed by atoms with Crippen LogP contribution in [0, 0.1) is 5.82 Å². The highest BCUT2D eigenvalue weighted by Crippen LogP contribution is 2.33. The topological polar surface area (TPSA) is 29.1 Å². The lowest BCUT2D eigenvalue weighted by atomic mass is 10.0. The molecule has 2 aromatic rings. The second kappa shape index (κ2) is 4.67. The molecule has 4 heteroatoms. The number of alkyl halides is 1. The maximum atomic E-state index is 13.2. The highest BCUT2D eigenvalue weighted by Gasteiger charge is 2.20. The average molecular weight is 276 g/mol. The predicted molar refractivity (Wildman–Crippen MR) is 72.9 cm³/mol. The van der Waals surface area contributed by atoms with E-state index in [1.54, 1.807) is 12.1 Å². The van der Waals surface area contributed by atoms with E-state index in [1.807, 2.05) is 18.2 Å². The van der Waals surface area contributed by atoms with Gasteiger partial charge in [0.05, 0.1) is 11.8 Å².